The first-order valence-corrected chi connectivity index (χ1v) is 14.2. The van der Waals surface area contributed by atoms with Gasteiger partial charge in [0.2, 0.25) is 10.0 Å². The van der Waals surface area contributed by atoms with E-state index in [4.69, 9.17) is 4.74 Å². The maximum absolute atomic E-state index is 14.1. The summed E-state index contributed by atoms with van der Waals surface area (Å²) in [6.45, 7) is 4.45. The van der Waals surface area contributed by atoms with Crippen molar-refractivity contribution in [1.29, 1.82) is 0 Å². The van der Waals surface area contributed by atoms with Gasteiger partial charge >= 0.3 is 0 Å². The second kappa shape index (κ2) is 13.0. The van der Waals surface area contributed by atoms with Gasteiger partial charge in [-0.05, 0) is 85.0 Å². The first-order valence-electron chi connectivity index (χ1n) is 12.8. The molecule has 1 fully saturated rings. The van der Waals surface area contributed by atoms with Gasteiger partial charge in [0.25, 0.3) is 0 Å². The molecule has 0 spiro atoms. The van der Waals surface area contributed by atoms with Crippen LogP contribution in [0, 0.1) is 5.82 Å². The average molecular weight is 536 g/mol. The van der Waals surface area contributed by atoms with E-state index in [1.54, 1.807) is 18.2 Å². The zero-order valence-corrected chi connectivity index (χ0v) is 23.9. The highest BCUT2D eigenvalue weighted by Crippen LogP contribution is 2.41. The third-order valence-electron chi connectivity index (χ3n) is 6.27. The molecule has 0 aromatic heterocycles. The Kier molecular flexibility index (Phi) is 10.3. The summed E-state index contributed by atoms with van der Waals surface area (Å²) in [4.78, 5) is 8.52. The molecule has 10 heteroatoms. The topological polar surface area (TPSA) is 59.6 Å². The van der Waals surface area contributed by atoms with Crippen molar-refractivity contribution in [1.82, 2.24) is 19.0 Å². The summed E-state index contributed by atoms with van der Waals surface area (Å²) in [6, 6.07) is 9.58. The van der Waals surface area contributed by atoms with Gasteiger partial charge in [-0.3, -0.25) is 0 Å². The number of halogens is 1. The van der Waals surface area contributed by atoms with Gasteiger partial charge in [0.05, 0.1) is 5.69 Å². The molecule has 2 aromatic rings. The summed E-state index contributed by atoms with van der Waals surface area (Å²) in [5, 5.41) is 0. The third-order valence-corrected chi connectivity index (χ3v) is 8.17. The number of ether oxygens (including phenoxy) is 1. The van der Waals surface area contributed by atoms with Crippen molar-refractivity contribution in [3.63, 3.8) is 0 Å². The van der Waals surface area contributed by atoms with Crippen LogP contribution in [-0.4, -0.2) is 109 Å². The fourth-order valence-electron chi connectivity index (χ4n) is 4.34. The minimum absolute atomic E-state index is 0.132. The highest BCUT2D eigenvalue weighted by Gasteiger charge is 2.33. The number of rotatable bonds is 13. The van der Waals surface area contributed by atoms with Crippen LogP contribution in [0.3, 0.4) is 0 Å². The Morgan fingerprint density at radius 3 is 2.03 bits per heavy atom. The highest BCUT2D eigenvalue weighted by molar-refractivity contribution is 7.89. The molecule has 0 bridgehead atoms. The summed E-state index contributed by atoms with van der Waals surface area (Å²) in [6.07, 6.45) is 1.67. The molecule has 3 rings (SSSR count). The van der Waals surface area contributed by atoms with Crippen LogP contribution in [-0.2, 0) is 16.6 Å². The van der Waals surface area contributed by atoms with Crippen LogP contribution >= 0.6 is 0 Å². The molecule has 37 heavy (non-hydrogen) atoms. The zero-order valence-electron chi connectivity index (χ0n) is 23.1. The van der Waals surface area contributed by atoms with Gasteiger partial charge in [-0.15, -0.1) is 0 Å². The standard InChI is InChI=1S/C27H42FN5O3S/c1-29(2)14-16-32(17-15-30(3)4)25-18-22(21-31(5)6)19-26(37(34,35)33-12-7-8-13-33)27(25)36-24-11-9-10-23(28)20-24/h9-11,18-20H,7-8,12-17,21H2,1-6H3. The van der Waals surface area contributed by atoms with Crippen molar-refractivity contribution in [3.8, 4) is 11.5 Å². The van der Waals surface area contributed by atoms with E-state index in [2.05, 4.69) is 14.7 Å². The number of sulfonamides is 1. The molecule has 0 aliphatic carbocycles. The quantitative estimate of drug-likeness (QED) is 0.390. The monoisotopic (exact) mass is 535 g/mol. The lowest BCUT2D eigenvalue weighted by atomic mass is 10.1. The molecule has 0 N–H and O–H groups in total. The number of hydrogen-bond acceptors (Lipinski definition) is 7. The van der Waals surface area contributed by atoms with Crippen LogP contribution in [0.4, 0.5) is 10.1 Å². The van der Waals surface area contributed by atoms with Gasteiger partial charge in [0.15, 0.2) is 5.75 Å². The molecule has 1 heterocycles. The number of hydrogen-bond donors (Lipinski definition) is 0. The Balaban J connectivity index is 2.24. The highest BCUT2D eigenvalue weighted by atomic mass is 32.2. The number of likely N-dealkylation sites (N-methyl/N-ethyl adjacent to an activating group) is 2. The molecular weight excluding hydrogens is 493 g/mol. The minimum atomic E-state index is -3.83. The van der Waals surface area contributed by atoms with Gasteiger partial charge in [-0.1, -0.05) is 6.07 Å². The van der Waals surface area contributed by atoms with Crippen LogP contribution in [0.5, 0.6) is 11.5 Å². The van der Waals surface area contributed by atoms with E-state index < -0.39 is 15.8 Å². The molecule has 0 amide bonds. The molecule has 0 radical (unpaired) electrons. The van der Waals surface area contributed by atoms with Crippen molar-refractivity contribution in [2.75, 3.05) is 86.5 Å². The lowest BCUT2D eigenvalue weighted by Crippen LogP contribution is -2.37. The SMILES string of the molecule is CN(C)CCN(CCN(C)C)c1cc(CN(C)C)cc(S(=O)(=O)N2CCCC2)c1Oc1cccc(F)c1. The van der Waals surface area contributed by atoms with Crippen molar-refractivity contribution >= 4 is 15.7 Å². The largest absolute Gasteiger partial charge is 0.454 e. The number of nitrogens with zero attached hydrogens (tertiary/aromatic N) is 5. The van der Waals surface area contributed by atoms with Gasteiger partial charge in [0, 0.05) is 51.9 Å². The van der Waals surface area contributed by atoms with Gasteiger partial charge in [-0.2, -0.15) is 4.31 Å². The predicted octanol–water partition coefficient (Wildman–Crippen LogP) is 3.39. The van der Waals surface area contributed by atoms with Crippen LogP contribution in [0.25, 0.3) is 0 Å². The van der Waals surface area contributed by atoms with Crippen LogP contribution in [0.2, 0.25) is 0 Å². The normalized spacial score (nSPS) is 14.8. The molecule has 1 aliphatic rings. The summed E-state index contributed by atoms with van der Waals surface area (Å²) < 4.78 is 49.9. The van der Waals surface area contributed by atoms with E-state index in [9.17, 15) is 12.8 Å². The first kappa shape index (κ1) is 29.3. The lowest BCUT2D eigenvalue weighted by Gasteiger charge is -2.31. The van der Waals surface area contributed by atoms with E-state index in [0.29, 0.717) is 38.4 Å². The van der Waals surface area contributed by atoms with Crippen molar-refractivity contribution in [3.05, 3.63) is 47.8 Å². The van der Waals surface area contributed by atoms with Crippen LogP contribution in [0.15, 0.2) is 41.3 Å². The second-order valence-corrected chi connectivity index (χ2v) is 12.4. The Labute approximate surface area is 222 Å². The van der Waals surface area contributed by atoms with Crippen molar-refractivity contribution in [2.45, 2.75) is 24.3 Å². The Hall–Kier alpha value is -2.24. The second-order valence-electron chi connectivity index (χ2n) is 10.4. The molecule has 0 saturated carbocycles. The first-order chi connectivity index (χ1) is 17.5. The third kappa shape index (κ3) is 8.12. The number of benzene rings is 2. The van der Waals surface area contributed by atoms with Crippen molar-refractivity contribution in [2.24, 2.45) is 0 Å². The van der Waals surface area contributed by atoms with Crippen molar-refractivity contribution < 1.29 is 17.5 Å². The zero-order chi connectivity index (χ0) is 27.2. The summed E-state index contributed by atoms with van der Waals surface area (Å²) in [7, 11) is 8.15. The molecule has 0 unspecified atom stereocenters. The summed E-state index contributed by atoms with van der Waals surface area (Å²) in [5.41, 5.74) is 1.58. The molecule has 0 atom stereocenters. The fraction of sp³-hybridized carbons (Fsp3) is 0.556. The van der Waals surface area contributed by atoms with E-state index in [0.717, 1.165) is 31.5 Å². The molecule has 1 saturated heterocycles. The molecular formula is C27H42FN5O3S. The van der Waals surface area contributed by atoms with E-state index in [-0.39, 0.29) is 16.4 Å². The van der Waals surface area contributed by atoms with E-state index in [1.807, 2.05) is 53.3 Å². The van der Waals surface area contributed by atoms with Gasteiger partial charge in [-0.25, -0.2) is 12.8 Å². The lowest BCUT2D eigenvalue weighted by molar-refractivity contribution is 0.386. The smallest absolute Gasteiger partial charge is 0.246 e. The minimum Gasteiger partial charge on any atom is -0.454 e. The van der Waals surface area contributed by atoms with E-state index >= 15 is 0 Å². The average Bonchev–Trinajstić information content (AvgIpc) is 3.35. The molecule has 2 aromatic carbocycles. The van der Waals surface area contributed by atoms with E-state index in [1.165, 1.54) is 16.4 Å². The molecule has 206 valence electrons. The molecule has 8 nitrogen and oxygen atoms in total. The molecule has 1 aliphatic heterocycles. The number of anilines is 1. The Bertz CT molecular complexity index is 1120. The fourth-order valence-corrected chi connectivity index (χ4v) is 6.04. The summed E-state index contributed by atoms with van der Waals surface area (Å²) >= 11 is 0. The summed E-state index contributed by atoms with van der Waals surface area (Å²) in [5.74, 6) is 0.0708. The predicted molar refractivity (Wildman–Crippen MR) is 148 cm³/mol. The van der Waals surface area contributed by atoms with Crippen LogP contribution in [0.1, 0.15) is 18.4 Å². The maximum atomic E-state index is 14.1. The van der Waals surface area contributed by atoms with Gasteiger partial charge in [0.1, 0.15) is 16.5 Å². The van der Waals surface area contributed by atoms with Gasteiger partial charge < -0.3 is 24.3 Å². The Morgan fingerprint density at radius 2 is 1.49 bits per heavy atom. The Morgan fingerprint density at radius 1 is 0.865 bits per heavy atom. The van der Waals surface area contributed by atoms with Crippen LogP contribution < -0.4 is 9.64 Å². The maximum Gasteiger partial charge on any atom is 0.246 e.